The zero-order chi connectivity index (χ0) is 20.2. The first-order chi connectivity index (χ1) is 14.1. The molecule has 2 aromatic heterocycles. The van der Waals surface area contributed by atoms with Crippen LogP contribution in [0.2, 0.25) is 0 Å². The molecule has 0 saturated heterocycles. The molecule has 1 N–H and O–H groups in total. The quantitative estimate of drug-likeness (QED) is 0.471. The van der Waals surface area contributed by atoms with Crippen molar-refractivity contribution in [3.05, 3.63) is 76.3 Å². The molecule has 2 heterocycles. The summed E-state index contributed by atoms with van der Waals surface area (Å²) in [7, 11) is 3.53. The Kier molecular flexibility index (Phi) is 5.53. The number of hydrogen-bond acceptors (Lipinski definition) is 6. The van der Waals surface area contributed by atoms with Gasteiger partial charge in [-0.2, -0.15) is 0 Å². The Labute approximate surface area is 171 Å². The van der Waals surface area contributed by atoms with Crippen LogP contribution in [0.15, 0.2) is 64.5 Å². The number of methoxy groups -OCH3 is 1. The van der Waals surface area contributed by atoms with E-state index in [2.05, 4.69) is 15.2 Å². The summed E-state index contributed by atoms with van der Waals surface area (Å²) in [6, 6.07) is 16.5. The molecule has 0 atom stereocenters. The third-order valence-electron chi connectivity index (χ3n) is 4.50. The SMILES string of the molecule is COc1ccc(OCc2nnc(SCc3cc(=O)c4ccccc4[nH]3)n2C)cc1. The van der Waals surface area contributed by atoms with Crippen molar-refractivity contribution >= 4 is 22.7 Å². The molecule has 0 aliphatic rings. The van der Waals surface area contributed by atoms with Crippen molar-refractivity contribution in [3.8, 4) is 11.5 Å². The number of rotatable bonds is 7. The molecule has 148 valence electrons. The van der Waals surface area contributed by atoms with E-state index in [4.69, 9.17) is 9.47 Å². The normalized spacial score (nSPS) is 11.0. The standard InChI is InChI=1S/C21H20N4O3S/c1-25-20(12-28-16-9-7-15(27-2)8-10-16)23-24-21(25)29-13-14-11-19(26)17-5-3-4-6-18(17)22-14/h3-11H,12-13H2,1-2H3,(H,22,26). The Balaban J connectivity index is 1.41. The van der Waals surface area contributed by atoms with Gasteiger partial charge >= 0.3 is 0 Å². The molecule has 0 amide bonds. The van der Waals surface area contributed by atoms with Crippen LogP contribution in [0.1, 0.15) is 11.5 Å². The second-order valence-corrected chi connectivity index (χ2v) is 7.36. The maximum atomic E-state index is 12.3. The van der Waals surface area contributed by atoms with Crippen molar-refractivity contribution < 1.29 is 9.47 Å². The molecule has 0 fully saturated rings. The number of nitrogens with one attached hydrogen (secondary N) is 1. The van der Waals surface area contributed by atoms with E-state index in [0.29, 0.717) is 17.7 Å². The summed E-state index contributed by atoms with van der Waals surface area (Å²) in [5.41, 5.74) is 1.70. The van der Waals surface area contributed by atoms with E-state index in [0.717, 1.165) is 33.7 Å². The van der Waals surface area contributed by atoms with Crippen LogP contribution in [0.3, 0.4) is 0 Å². The van der Waals surface area contributed by atoms with E-state index < -0.39 is 0 Å². The number of fused-ring (bicyclic) bond motifs is 1. The van der Waals surface area contributed by atoms with Crippen LogP contribution >= 0.6 is 11.8 Å². The molecule has 0 aliphatic carbocycles. The van der Waals surface area contributed by atoms with E-state index in [1.54, 1.807) is 13.2 Å². The van der Waals surface area contributed by atoms with Crippen molar-refractivity contribution in [1.29, 1.82) is 0 Å². The fourth-order valence-electron chi connectivity index (χ4n) is 2.89. The number of H-pyrrole nitrogens is 1. The average molecular weight is 408 g/mol. The second-order valence-electron chi connectivity index (χ2n) is 6.42. The zero-order valence-electron chi connectivity index (χ0n) is 16.1. The summed E-state index contributed by atoms with van der Waals surface area (Å²) in [6.07, 6.45) is 0. The highest BCUT2D eigenvalue weighted by Crippen LogP contribution is 2.22. The smallest absolute Gasteiger partial charge is 0.191 e. The number of para-hydroxylation sites is 1. The Hall–Kier alpha value is -3.26. The zero-order valence-corrected chi connectivity index (χ0v) is 16.9. The molecule has 0 saturated carbocycles. The lowest BCUT2D eigenvalue weighted by Crippen LogP contribution is -2.05. The Morgan fingerprint density at radius 3 is 2.62 bits per heavy atom. The van der Waals surface area contributed by atoms with Crippen LogP contribution in [-0.4, -0.2) is 26.9 Å². The molecule has 0 spiro atoms. The van der Waals surface area contributed by atoms with Gasteiger partial charge in [0.25, 0.3) is 0 Å². The van der Waals surface area contributed by atoms with Gasteiger partial charge in [-0.3, -0.25) is 4.79 Å². The molecule has 4 rings (SSSR count). The molecule has 7 nitrogen and oxygen atoms in total. The predicted octanol–water partition coefficient (Wildman–Crippen LogP) is 3.54. The van der Waals surface area contributed by atoms with Gasteiger partial charge in [0, 0.05) is 35.5 Å². The largest absolute Gasteiger partial charge is 0.497 e. The van der Waals surface area contributed by atoms with Crippen LogP contribution in [0.25, 0.3) is 10.9 Å². The maximum Gasteiger partial charge on any atom is 0.191 e. The number of hydrogen-bond donors (Lipinski definition) is 1. The minimum absolute atomic E-state index is 0.0153. The van der Waals surface area contributed by atoms with Crippen molar-refractivity contribution in [1.82, 2.24) is 19.7 Å². The highest BCUT2D eigenvalue weighted by atomic mass is 32.2. The van der Waals surface area contributed by atoms with Gasteiger partial charge in [0.15, 0.2) is 16.4 Å². The van der Waals surface area contributed by atoms with Crippen molar-refractivity contribution in [2.24, 2.45) is 7.05 Å². The lowest BCUT2D eigenvalue weighted by atomic mass is 10.2. The fourth-order valence-corrected chi connectivity index (χ4v) is 3.73. The summed E-state index contributed by atoms with van der Waals surface area (Å²) in [5.74, 6) is 2.82. The molecule has 8 heteroatoms. The lowest BCUT2D eigenvalue weighted by Gasteiger charge is -2.07. The lowest BCUT2D eigenvalue weighted by molar-refractivity contribution is 0.290. The fraction of sp³-hybridized carbons (Fsp3) is 0.190. The van der Waals surface area contributed by atoms with E-state index in [9.17, 15) is 4.79 Å². The van der Waals surface area contributed by atoms with Crippen LogP contribution in [0, 0.1) is 0 Å². The summed E-state index contributed by atoms with van der Waals surface area (Å²) in [4.78, 5) is 15.6. The third-order valence-corrected chi connectivity index (χ3v) is 5.57. The maximum absolute atomic E-state index is 12.3. The van der Waals surface area contributed by atoms with Crippen molar-refractivity contribution in [2.75, 3.05) is 7.11 Å². The number of aromatic nitrogens is 4. The number of ether oxygens (including phenoxy) is 2. The molecule has 0 aliphatic heterocycles. The van der Waals surface area contributed by atoms with Crippen molar-refractivity contribution in [2.45, 2.75) is 17.5 Å². The Morgan fingerprint density at radius 1 is 1.07 bits per heavy atom. The molecule has 0 bridgehead atoms. The van der Waals surface area contributed by atoms with Crippen LogP contribution in [-0.2, 0) is 19.4 Å². The second kappa shape index (κ2) is 8.40. The van der Waals surface area contributed by atoms with Gasteiger partial charge in [-0.25, -0.2) is 0 Å². The Morgan fingerprint density at radius 2 is 1.83 bits per heavy atom. The van der Waals surface area contributed by atoms with Gasteiger partial charge in [0.2, 0.25) is 0 Å². The van der Waals surface area contributed by atoms with Crippen LogP contribution in [0.4, 0.5) is 0 Å². The van der Waals surface area contributed by atoms with Gasteiger partial charge < -0.3 is 19.0 Å². The molecule has 2 aromatic carbocycles. The summed E-state index contributed by atoms with van der Waals surface area (Å²) in [5, 5.41) is 9.90. The minimum atomic E-state index is 0.0153. The number of nitrogens with zero attached hydrogens (tertiary/aromatic N) is 3. The number of thioether (sulfide) groups is 1. The van der Waals surface area contributed by atoms with Gasteiger partial charge in [0.1, 0.15) is 18.1 Å². The number of pyridine rings is 1. The monoisotopic (exact) mass is 408 g/mol. The predicted molar refractivity (Wildman–Crippen MR) is 112 cm³/mol. The molecule has 0 unspecified atom stereocenters. The highest BCUT2D eigenvalue weighted by molar-refractivity contribution is 7.98. The average Bonchev–Trinajstić information content (AvgIpc) is 3.10. The highest BCUT2D eigenvalue weighted by Gasteiger charge is 2.11. The van der Waals surface area contributed by atoms with Gasteiger partial charge in [-0.15, -0.1) is 10.2 Å². The first-order valence-corrected chi connectivity index (χ1v) is 10.0. The van der Waals surface area contributed by atoms with Gasteiger partial charge in [0.05, 0.1) is 7.11 Å². The molecular weight excluding hydrogens is 388 g/mol. The summed E-state index contributed by atoms with van der Waals surface area (Å²) in [6.45, 7) is 0.309. The first kappa shape index (κ1) is 19.1. The molecule has 29 heavy (non-hydrogen) atoms. The van der Waals surface area contributed by atoms with Gasteiger partial charge in [-0.1, -0.05) is 23.9 Å². The summed E-state index contributed by atoms with van der Waals surface area (Å²) >= 11 is 1.51. The first-order valence-electron chi connectivity index (χ1n) is 9.03. The van der Waals surface area contributed by atoms with E-state index in [-0.39, 0.29) is 5.43 Å². The van der Waals surface area contributed by atoms with Crippen molar-refractivity contribution in [3.63, 3.8) is 0 Å². The van der Waals surface area contributed by atoms with Crippen LogP contribution < -0.4 is 14.9 Å². The molecule has 4 aromatic rings. The Bertz CT molecular complexity index is 1180. The van der Waals surface area contributed by atoms with Gasteiger partial charge in [-0.05, 0) is 36.4 Å². The molecular formula is C21H20N4O3S. The topological polar surface area (TPSA) is 82.0 Å². The summed E-state index contributed by atoms with van der Waals surface area (Å²) < 4.78 is 12.8. The van der Waals surface area contributed by atoms with E-state index in [1.165, 1.54) is 11.8 Å². The van der Waals surface area contributed by atoms with E-state index >= 15 is 0 Å². The third kappa shape index (κ3) is 4.27. The van der Waals surface area contributed by atoms with E-state index in [1.807, 2.05) is 60.1 Å². The molecule has 0 radical (unpaired) electrons. The number of aromatic amines is 1. The minimum Gasteiger partial charge on any atom is -0.497 e. The van der Waals surface area contributed by atoms with Crippen LogP contribution in [0.5, 0.6) is 11.5 Å². The number of benzene rings is 2.